The third-order valence-electron chi connectivity index (χ3n) is 6.01. The van der Waals surface area contributed by atoms with E-state index in [-0.39, 0.29) is 38.6 Å². The van der Waals surface area contributed by atoms with Crippen LogP contribution in [0.2, 0.25) is 0 Å². The molecule has 7 N–H and O–H groups in total. The number of nitrogens with two attached hydrogens (primary N) is 1. The van der Waals surface area contributed by atoms with E-state index in [2.05, 4.69) is 35.9 Å². The topological polar surface area (TPSA) is 222 Å². The van der Waals surface area contributed by atoms with Gasteiger partial charge in [-0.25, -0.2) is 18.2 Å². The number of hydrogen-bond acceptors (Lipinski definition) is 8. The number of hydrogen-bond donors (Lipinski definition) is 6. The van der Waals surface area contributed by atoms with Crippen LogP contribution >= 0.6 is 15.9 Å². The van der Waals surface area contributed by atoms with E-state index in [0.717, 1.165) is 5.56 Å². The minimum absolute atomic E-state index is 0.0234. The first-order chi connectivity index (χ1) is 18.4. The lowest BCUT2D eigenvalue weighted by atomic mass is 9.89. The van der Waals surface area contributed by atoms with Gasteiger partial charge in [0.15, 0.2) is 0 Å². The van der Waals surface area contributed by atoms with Gasteiger partial charge in [0.25, 0.3) is 21.5 Å². The molecule has 0 unspecified atom stereocenters. The van der Waals surface area contributed by atoms with Crippen molar-refractivity contribution >= 4 is 55.4 Å². The summed E-state index contributed by atoms with van der Waals surface area (Å²) in [6, 6.07) is 6.83. The third kappa shape index (κ3) is 6.09. The molecule has 0 spiro atoms. The van der Waals surface area contributed by atoms with E-state index in [1.807, 2.05) is 0 Å². The summed E-state index contributed by atoms with van der Waals surface area (Å²) in [4.78, 5) is 53.6. The Labute approximate surface area is 229 Å². The molecule has 39 heavy (non-hydrogen) atoms. The molecular formula is C24H22BrN5O8S. The van der Waals surface area contributed by atoms with Crippen LogP contribution in [0, 0.1) is 0 Å². The molecular weight excluding hydrogens is 598 g/mol. The van der Waals surface area contributed by atoms with Gasteiger partial charge >= 0.3 is 11.9 Å². The van der Waals surface area contributed by atoms with Crippen molar-refractivity contribution in [2.75, 3.05) is 10.5 Å². The summed E-state index contributed by atoms with van der Waals surface area (Å²) in [5, 5.41) is 20.2. The monoisotopic (exact) mass is 619 g/mol. The summed E-state index contributed by atoms with van der Waals surface area (Å²) >= 11 is 3.30. The highest BCUT2D eigenvalue weighted by Crippen LogP contribution is 2.36. The van der Waals surface area contributed by atoms with Gasteiger partial charge in [0.1, 0.15) is 10.9 Å². The van der Waals surface area contributed by atoms with Crippen molar-refractivity contribution in [2.45, 2.75) is 36.6 Å². The van der Waals surface area contributed by atoms with Gasteiger partial charge in [-0.1, -0.05) is 0 Å². The van der Waals surface area contributed by atoms with Crippen LogP contribution < -0.4 is 21.3 Å². The maximum Gasteiger partial charge on any atom is 0.326 e. The molecule has 0 bridgehead atoms. The van der Waals surface area contributed by atoms with Gasteiger partial charge in [-0.05, 0) is 82.7 Å². The molecule has 0 saturated carbocycles. The Morgan fingerprint density at radius 3 is 2.46 bits per heavy atom. The Morgan fingerprint density at radius 2 is 1.82 bits per heavy atom. The normalized spacial score (nSPS) is 13.1. The number of anilines is 2. The van der Waals surface area contributed by atoms with Crippen LogP contribution in [0.1, 0.15) is 34.5 Å². The van der Waals surface area contributed by atoms with Crippen LogP contribution in [0.5, 0.6) is 0 Å². The van der Waals surface area contributed by atoms with Crippen LogP contribution in [0.15, 0.2) is 50.6 Å². The number of nitrogens with one attached hydrogen (secondary N) is 3. The van der Waals surface area contributed by atoms with Crippen molar-refractivity contribution in [3.63, 3.8) is 0 Å². The molecule has 13 nitrogen and oxygen atoms in total. The molecule has 15 heteroatoms. The summed E-state index contributed by atoms with van der Waals surface area (Å²) in [6.07, 6.45) is 0.261. The van der Waals surface area contributed by atoms with Gasteiger partial charge in [0.05, 0.1) is 11.3 Å². The van der Waals surface area contributed by atoms with Gasteiger partial charge in [0, 0.05) is 22.1 Å². The van der Waals surface area contributed by atoms with E-state index in [9.17, 15) is 32.7 Å². The van der Waals surface area contributed by atoms with Gasteiger partial charge < -0.3 is 21.3 Å². The summed E-state index contributed by atoms with van der Waals surface area (Å²) in [6.45, 7) is 0. The van der Waals surface area contributed by atoms with E-state index in [4.69, 9.17) is 10.8 Å². The fraction of sp³-hybridized carbons (Fsp3) is 0.208. The second-order valence-electron chi connectivity index (χ2n) is 8.69. The molecule has 2 aromatic carbocycles. The first-order valence-electron chi connectivity index (χ1n) is 11.5. The van der Waals surface area contributed by atoms with Gasteiger partial charge in [-0.3, -0.25) is 24.1 Å². The maximum atomic E-state index is 13.3. The van der Waals surface area contributed by atoms with Crippen molar-refractivity contribution in [1.82, 2.24) is 15.3 Å². The van der Waals surface area contributed by atoms with Crippen molar-refractivity contribution < 1.29 is 33.0 Å². The molecule has 0 saturated heterocycles. The number of amides is 1. The number of aryl methyl sites for hydroxylation is 2. The van der Waals surface area contributed by atoms with Crippen molar-refractivity contribution in [3.05, 3.63) is 68.0 Å². The molecule has 0 fully saturated rings. The molecule has 3 aromatic rings. The van der Waals surface area contributed by atoms with Crippen LogP contribution in [-0.4, -0.2) is 52.5 Å². The number of benzene rings is 2. The number of nitrogens with zero attached hydrogens (tertiary/aromatic N) is 1. The molecule has 0 radical (unpaired) electrons. The average molecular weight is 620 g/mol. The Bertz CT molecular complexity index is 1650. The molecule has 1 aliphatic rings. The number of carboxylic acids is 2. The molecule has 4 rings (SSSR count). The standard InChI is InChI=1S/C24H22BrN5O8S/c25-15-9-12-3-6-16-20(22(34)29-24(26)28-16)14(12)10-18(15)39(37,38)30-13-4-1-11(2-5-13)21(33)27-17(23(35)36)7-8-19(31)32/h1-2,4-5,9-10,17,30H,3,6-8H2,(H,27,33)(H,31,32)(H,35,36)(H3,26,28,29,34)/t17-/m0/s1. The zero-order valence-corrected chi connectivity index (χ0v) is 22.4. The van der Waals surface area contributed by atoms with Crippen molar-refractivity contribution in [2.24, 2.45) is 0 Å². The number of carbonyl (C=O) groups excluding carboxylic acids is 1. The second-order valence-corrected chi connectivity index (χ2v) is 11.2. The van der Waals surface area contributed by atoms with Gasteiger partial charge in [0.2, 0.25) is 5.95 Å². The summed E-state index contributed by atoms with van der Waals surface area (Å²) < 4.78 is 29.2. The fourth-order valence-electron chi connectivity index (χ4n) is 4.16. The lowest BCUT2D eigenvalue weighted by Crippen LogP contribution is -2.41. The number of nitrogen functional groups attached to an aromatic ring is 1. The lowest BCUT2D eigenvalue weighted by Gasteiger charge is -2.20. The lowest BCUT2D eigenvalue weighted by molar-refractivity contribution is -0.140. The maximum absolute atomic E-state index is 13.3. The number of aromatic amines is 1. The van der Waals surface area contributed by atoms with Crippen molar-refractivity contribution in [3.8, 4) is 11.1 Å². The third-order valence-corrected chi connectivity index (χ3v) is 8.35. The molecule has 1 aromatic heterocycles. The predicted molar refractivity (Wildman–Crippen MR) is 143 cm³/mol. The largest absolute Gasteiger partial charge is 0.481 e. The second kappa shape index (κ2) is 10.9. The van der Waals surface area contributed by atoms with E-state index in [0.29, 0.717) is 24.1 Å². The van der Waals surface area contributed by atoms with Gasteiger partial charge in [-0.15, -0.1) is 0 Å². The van der Waals surface area contributed by atoms with E-state index in [1.54, 1.807) is 6.07 Å². The first-order valence-corrected chi connectivity index (χ1v) is 13.7. The number of H-pyrrole nitrogens is 1. The molecule has 1 heterocycles. The number of halogens is 1. The van der Waals surface area contributed by atoms with Crippen LogP contribution in [0.3, 0.4) is 0 Å². The average Bonchev–Trinajstić information content (AvgIpc) is 2.85. The fourth-order valence-corrected chi connectivity index (χ4v) is 6.33. The molecule has 1 aliphatic carbocycles. The Balaban J connectivity index is 1.56. The number of aliphatic carboxylic acids is 2. The van der Waals surface area contributed by atoms with Crippen LogP contribution in [0.25, 0.3) is 11.1 Å². The van der Waals surface area contributed by atoms with Crippen LogP contribution in [0.4, 0.5) is 11.6 Å². The summed E-state index contributed by atoms with van der Waals surface area (Å²) in [7, 11) is -4.17. The zero-order chi connectivity index (χ0) is 28.5. The number of fused-ring (bicyclic) bond motifs is 3. The van der Waals surface area contributed by atoms with Crippen molar-refractivity contribution in [1.29, 1.82) is 0 Å². The molecule has 1 atom stereocenters. The predicted octanol–water partition coefficient (Wildman–Crippen LogP) is 1.73. The minimum Gasteiger partial charge on any atom is -0.481 e. The number of sulfonamides is 1. The Kier molecular flexibility index (Phi) is 7.74. The quantitative estimate of drug-likeness (QED) is 0.203. The Morgan fingerprint density at radius 1 is 1.13 bits per heavy atom. The number of rotatable bonds is 9. The number of carbonyl (C=O) groups is 3. The van der Waals surface area contributed by atoms with Gasteiger partial charge in [-0.2, -0.15) is 0 Å². The smallest absolute Gasteiger partial charge is 0.326 e. The highest BCUT2D eigenvalue weighted by molar-refractivity contribution is 9.10. The van der Waals surface area contributed by atoms with E-state index >= 15 is 0 Å². The zero-order valence-electron chi connectivity index (χ0n) is 20.0. The van der Waals surface area contributed by atoms with E-state index < -0.39 is 45.9 Å². The molecule has 204 valence electrons. The SMILES string of the molecule is Nc1nc2c(c(=O)[nH]1)-c1cc(S(=O)(=O)Nc3ccc(C(=O)N[C@@H](CCC(=O)O)C(=O)O)cc3)c(Br)cc1CC2. The molecule has 0 aliphatic heterocycles. The minimum atomic E-state index is -4.17. The summed E-state index contributed by atoms with van der Waals surface area (Å²) in [5.74, 6) is -3.37. The molecule has 1 amide bonds. The first kappa shape index (κ1) is 27.8. The summed E-state index contributed by atoms with van der Waals surface area (Å²) in [5.41, 5.74) is 7.26. The van der Waals surface area contributed by atoms with Crippen LogP contribution in [-0.2, 0) is 32.5 Å². The highest BCUT2D eigenvalue weighted by atomic mass is 79.9. The van der Waals surface area contributed by atoms with E-state index in [1.165, 1.54) is 30.3 Å². The highest BCUT2D eigenvalue weighted by Gasteiger charge is 2.27. The number of aromatic nitrogens is 2. The number of carboxylic acid groups (broad SMARTS) is 2. The Hall–Kier alpha value is -4.24.